The van der Waals surface area contributed by atoms with Gasteiger partial charge in [0.1, 0.15) is 0 Å². The molecule has 0 saturated heterocycles. The van der Waals surface area contributed by atoms with Crippen LogP contribution in [-0.4, -0.2) is 34.0 Å². The zero-order valence-corrected chi connectivity index (χ0v) is 12.9. The summed E-state index contributed by atoms with van der Waals surface area (Å²) in [5.41, 5.74) is -1.18. The summed E-state index contributed by atoms with van der Waals surface area (Å²) in [4.78, 5) is 25.9. The predicted octanol–water partition coefficient (Wildman–Crippen LogP) is 3.22. The van der Waals surface area contributed by atoms with Gasteiger partial charge in [0.05, 0.1) is 5.41 Å². The fourth-order valence-electron chi connectivity index (χ4n) is 2.96. The van der Waals surface area contributed by atoms with E-state index in [0.717, 1.165) is 19.3 Å². The first-order valence-electron chi connectivity index (χ1n) is 7.38. The van der Waals surface area contributed by atoms with E-state index in [1.54, 1.807) is 11.0 Å². The molecule has 1 aliphatic carbocycles. The van der Waals surface area contributed by atoms with E-state index in [4.69, 9.17) is 0 Å². The number of hydrogen-bond acceptors (Lipinski definition) is 2. The third-order valence-corrected chi connectivity index (χ3v) is 4.18. The second-order valence-corrected chi connectivity index (χ2v) is 6.79. The Labute approximate surface area is 121 Å². The smallest absolute Gasteiger partial charge is 0.310 e. The number of carboxylic acid groups (broad SMARTS) is 1. The highest BCUT2D eigenvalue weighted by Crippen LogP contribution is 2.40. The molecule has 4 nitrogen and oxygen atoms in total. The highest BCUT2D eigenvalue weighted by Gasteiger charge is 2.43. The first-order valence-corrected chi connectivity index (χ1v) is 7.38. The second kappa shape index (κ2) is 6.42. The Balaban J connectivity index is 2.89. The molecule has 1 rings (SSSR count). The van der Waals surface area contributed by atoms with Gasteiger partial charge in [-0.05, 0) is 33.6 Å². The van der Waals surface area contributed by atoms with Crippen LogP contribution in [0.3, 0.4) is 0 Å². The number of rotatable bonds is 5. The SMILES string of the molecule is C=CCN(C(=O)CC1(C(=O)O)CCCCC1)C(C)(C)C. The lowest BCUT2D eigenvalue weighted by atomic mass is 9.71. The highest BCUT2D eigenvalue weighted by atomic mass is 16.4. The summed E-state index contributed by atoms with van der Waals surface area (Å²) in [7, 11) is 0. The largest absolute Gasteiger partial charge is 0.481 e. The van der Waals surface area contributed by atoms with Gasteiger partial charge in [-0.2, -0.15) is 0 Å². The molecule has 114 valence electrons. The van der Waals surface area contributed by atoms with Gasteiger partial charge in [-0.15, -0.1) is 6.58 Å². The van der Waals surface area contributed by atoms with Crippen LogP contribution >= 0.6 is 0 Å². The predicted molar refractivity (Wildman–Crippen MR) is 79.4 cm³/mol. The van der Waals surface area contributed by atoms with Crippen molar-refractivity contribution in [2.24, 2.45) is 5.41 Å². The van der Waals surface area contributed by atoms with Crippen molar-refractivity contribution in [2.75, 3.05) is 6.54 Å². The number of carbonyl (C=O) groups is 2. The van der Waals surface area contributed by atoms with Gasteiger partial charge < -0.3 is 10.0 Å². The number of carbonyl (C=O) groups excluding carboxylic acids is 1. The molecular formula is C16H27NO3. The van der Waals surface area contributed by atoms with Gasteiger partial charge in [0.25, 0.3) is 0 Å². The Morgan fingerprint density at radius 1 is 1.25 bits per heavy atom. The summed E-state index contributed by atoms with van der Waals surface area (Å²) in [6.07, 6.45) is 5.89. The summed E-state index contributed by atoms with van der Waals surface area (Å²) >= 11 is 0. The average Bonchev–Trinajstić information content (AvgIpc) is 2.35. The molecule has 1 amide bonds. The Kier molecular flexibility index (Phi) is 5.37. The van der Waals surface area contributed by atoms with E-state index < -0.39 is 11.4 Å². The number of carboxylic acids is 1. The second-order valence-electron chi connectivity index (χ2n) is 6.79. The minimum absolute atomic E-state index is 0.0818. The number of amides is 1. The Hall–Kier alpha value is -1.32. The normalized spacial score (nSPS) is 18.4. The van der Waals surface area contributed by atoms with Gasteiger partial charge in [-0.25, -0.2) is 0 Å². The molecule has 0 aliphatic heterocycles. The zero-order valence-electron chi connectivity index (χ0n) is 12.9. The molecule has 4 heteroatoms. The minimum Gasteiger partial charge on any atom is -0.481 e. The molecule has 0 spiro atoms. The monoisotopic (exact) mass is 281 g/mol. The first-order chi connectivity index (χ1) is 9.23. The van der Waals surface area contributed by atoms with Gasteiger partial charge in [0.15, 0.2) is 0 Å². The maximum absolute atomic E-state index is 12.6. The van der Waals surface area contributed by atoms with E-state index in [1.165, 1.54) is 0 Å². The third-order valence-electron chi connectivity index (χ3n) is 4.18. The van der Waals surface area contributed by atoms with Crippen molar-refractivity contribution in [1.29, 1.82) is 0 Å². The quantitative estimate of drug-likeness (QED) is 0.787. The molecule has 1 saturated carbocycles. The molecule has 0 aromatic carbocycles. The number of aliphatic carboxylic acids is 1. The van der Waals surface area contributed by atoms with E-state index in [2.05, 4.69) is 6.58 Å². The molecular weight excluding hydrogens is 254 g/mol. The van der Waals surface area contributed by atoms with Crippen molar-refractivity contribution in [3.8, 4) is 0 Å². The molecule has 0 atom stereocenters. The molecule has 0 aromatic heterocycles. The number of hydrogen-bond donors (Lipinski definition) is 1. The molecule has 1 aliphatic rings. The van der Waals surface area contributed by atoms with Crippen molar-refractivity contribution in [3.05, 3.63) is 12.7 Å². The van der Waals surface area contributed by atoms with Gasteiger partial charge >= 0.3 is 5.97 Å². The lowest BCUT2D eigenvalue weighted by Crippen LogP contribution is -2.48. The van der Waals surface area contributed by atoms with Crippen molar-refractivity contribution in [1.82, 2.24) is 4.90 Å². The topological polar surface area (TPSA) is 57.6 Å². The van der Waals surface area contributed by atoms with Gasteiger partial charge in [-0.3, -0.25) is 9.59 Å². The van der Waals surface area contributed by atoms with Crippen molar-refractivity contribution in [2.45, 2.75) is 64.8 Å². The number of nitrogens with zero attached hydrogens (tertiary/aromatic N) is 1. The highest BCUT2D eigenvalue weighted by molar-refractivity contribution is 5.85. The van der Waals surface area contributed by atoms with E-state index in [-0.39, 0.29) is 17.9 Å². The van der Waals surface area contributed by atoms with Crippen molar-refractivity contribution in [3.63, 3.8) is 0 Å². The van der Waals surface area contributed by atoms with Crippen molar-refractivity contribution < 1.29 is 14.7 Å². The van der Waals surface area contributed by atoms with E-state index in [0.29, 0.717) is 19.4 Å². The molecule has 20 heavy (non-hydrogen) atoms. The third kappa shape index (κ3) is 3.84. The van der Waals surface area contributed by atoms with Crippen LogP contribution < -0.4 is 0 Å². The lowest BCUT2D eigenvalue weighted by Gasteiger charge is -2.39. The lowest BCUT2D eigenvalue weighted by molar-refractivity contribution is -0.157. The van der Waals surface area contributed by atoms with Crippen LogP contribution in [0.5, 0.6) is 0 Å². The fraction of sp³-hybridized carbons (Fsp3) is 0.750. The van der Waals surface area contributed by atoms with E-state index >= 15 is 0 Å². The summed E-state index contributed by atoms with van der Waals surface area (Å²) < 4.78 is 0. The summed E-state index contributed by atoms with van der Waals surface area (Å²) in [5.74, 6) is -0.903. The maximum atomic E-state index is 12.6. The van der Waals surface area contributed by atoms with Gasteiger partial charge in [0, 0.05) is 18.5 Å². The Morgan fingerprint density at radius 2 is 1.80 bits per heavy atom. The molecule has 0 aromatic rings. The standard InChI is InChI=1S/C16H27NO3/c1-5-11-17(15(2,3)4)13(18)12-16(14(19)20)9-7-6-8-10-16/h5H,1,6-12H2,2-4H3,(H,19,20). The molecule has 1 N–H and O–H groups in total. The van der Waals surface area contributed by atoms with Crippen LogP contribution in [0.4, 0.5) is 0 Å². The van der Waals surface area contributed by atoms with Crippen molar-refractivity contribution >= 4 is 11.9 Å². The maximum Gasteiger partial charge on any atom is 0.310 e. The van der Waals surface area contributed by atoms with Crippen LogP contribution in [-0.2, 0) is 9.59 Å². The van der Waals surface area contributed by atoms with Gasteiger partial charge in [0.2, 0.25) is 5.91 Å². The molecule has 0 bridgehead atoms. The summed E-state index contributed by atoms with van der Waals surface area (Å²) in [6, 6.07) is 0. The molecule has 0 radical (unpaired) electrons. The van der Waals surface area contributed by atoms with Crippen LogP contribution in [0, 0.1) is 5.41 Å². The van der Waals surface area contributed by atoms with E-state index in [9.17, 15) is 14.7 Å². The summed E-state index contributed by atoms with van der Waals surface area (Å²) in [5, 5.41) is 9.56. The minimum atomic E-state index is -0.861. The van der Waals surface area contributed by atoms with Gasteiger partial charge in [-0.1, -0.05) is 25.3 Å². The van der Waals surface area contributed by atoms with Crippen LogP contribution in [0.2, 0.25) is 0 Å². The summed E-state index contributed by atoms with van der Waals surface area (Å²) in [6.45, 7) is 10.0. The van der Waals surface area contributed by atoms with Crippen LogP contribution in [0.25, 0.3) is 0 Å². The molecule has 0 unspecified atom stereocenters. The zero-order chi connectivity index (χ0) is 15.4. The fourth-order valence-corrected chi connectivity index (χ4v) is 2.96. The van der Waals surface area contributed by atoms with Crippen LogP contribution in [0.1, 0.15) is 59.3 Å². The Bertz CT molecular complexity index is 376. The average molecular weight is 281 g/mol. The Morgan fingerprint density at radius 3 is 2.20 bits per heavy atom. The molecule has 0 heterocycles. The molecule has 1 fully saturated rings. The van der Waals surface area contributed by atoms with E-state index in [1.807, 2.05) is 20.8 Å². The first kappa shape index (κ1) is 16.7. The van der Waals surface area contributed by atoms with Crippen LogP contribution in [0.15, 0.2) is 12.7 Å².